The molecule has 0 fully saturated rings. The summed E-state index contributed by atoms with van der Waals surface area (Å²) in [6.07, 6.45) is -9.62. The van der Waals surface area contributed by atoms with E-state index < -0.39 is 284 Å². The molecule has 1 atom stereocenters. The van der Waals surface area contributed by atoms with Gasteiger partial charge in [-0.2, -0.15) is 0 Å². The molecule has 0 aliphatic rings. The van der Waals surface area contributed by atoms with E-state index in [4.69, 9.17) is 11.2 Å². The number of terminal acetylenes is 1. The van der Waals surface area contributed by atoms with Crippen LogP contribution in [0.2, 0.25) is 0 Å². The first-order valence-electron chi connectivity index (χ1n) is 25.8. The third-order valence-corrected chi connectivity index (χ3v) is 13.6. The third kappa shape index (κ3) is 31.6. The van der Waals surface area contributed by atoms with Crippen molar-refractivity contribution in [1.82, 2.24) is 21.3 Å². The summed E-state index contributed by atoms with van der Waals surface area (Å²) in [5.41, 5.74) is -8.46. The van der Waals surface area contributed by atoms with E-state index in [0.717, 1.165) is 0 Å². The lowest BCUT2D eigenvalue weighted by molar-refractivity contribution is -0.141. The average Bonchev–Trinajstić information content (AvgIpc) is 3.34. The number of ketones is 1. The highest BCUT2D eigenvalue weighted by atomic mass is 16.5. The van der Waals surface area contributed by atoms with Gasteiger partial charge in [0.1, 0.15) is 12.4 Å². The Morgan fingerprint density at radius 2 is 0.588 bits per heavy atom. The summed E-state index contributed by atoms with van der Waals surface area (Å²) >= 11 is 0. The van der Waals surface area contributed by atoms with Crippen LogP contribution in [0.15, 0.2) is 0 Å². The Hall–Kier alpha value is -7.70. The molecule has 0 heterocycles. The van der Waals surface area contributed by atoms with Gasteiger partial charge in [-0.3, -0.25) is 67.1 Å². The van der Waals surface area contributed by atoms with Crippen molar-refractivity contribution in [3.05, 3.63) is 0 Å². The Morgan fingerprint density at radius 1 is 0.375 bits per heavy atom. The van der Waals surface area contributed by atoms with Gasteiger partial charge in [0.2, 0.25) is 23.6 Å². The highest BCUT2D eigenvalue weighted by Crippen LogP contribution is 2.33. The van der Waals surface area contributed by atoms with Crippen LogP contribution in [0.4, 0.5) is 0 Å². The standard InChI is InChI=1S/C52H78N4O24/c1-5-30-80-32-33(31-34(57)48(2,3)4)47(79)56-52(18-6-35(58)53-49(21-9-38(61)62,22-10-39(63)64)23-11-40(65)66,19-7-36(59)54-50(24-12-41(67)68,25-13-42(69)70)26-14-43(71)72)20-8-37(60)55-51(27-15-44(73)74,28-16-45(75)76)29-17-46(77)78/h1,33H,6-32H2,2-4H3,(H,53,58)(H,54,59)(H,55,60)(H,56,79)(H,61,62)(H,63,64)(H,65,66)(H,67,68)(H,69,70)(H,71,72)(H,73,74)(H,75,76)(H,77,78)/t33-/m0/s1. The Balaban J connectivity index is 8.38. The zero-order chi connectivity index (χ0) is 61.5. The van der Waals surface area contributed by atoms with E-state index in [-0.39, 0.29) is 6.61 Å². The Bertz CT molecular complexity index is 1930. The van der Waals surface area contributed by atoms with Crippen LogP contribution in [-0.2, 0) is 71.9 Å². The SMILES string of the molecule is C#CCOC[C@H](CC(=O)C(C)(C)C)C(=O)NC(CCC(=O)NC(CCC(=O)O)(CCC(=O)O)CCC(=O)O)(CCC(=O)NC(CCC(=O)O)(CCC(=O)O)CCC(=O)O)CCC(=O)NC(CCC(=O)O)(CCC(=O)O)CCC(=O)O. The number of hydrogen-bond donors (Lipinski definition) is 13. The zero-order valence-corrected chi connectivity index (χ0v) is 45.4. The molecule has 28 nitrogen and oxygen atoms in total. The number of hydrogen-bond acceptors (Lipinski definition) is 15. The first kappa shape index (κ1) is 72.3. The van der Waals surface area contributed by atoms with E-state index in [1.54, 1.807) is 20.8 Å². The Labute approximate surface area is 461 Å². The molecule has 0 bridgehead atoms. The van der Waals surface area contributed by atoms with Gasteiger partial charge in [0, 0.05) is 111 Å². The maximum atomic E-state index is 14.8. The van der Waals surface area contributed by atoms with Gasteiger partial charge in [0.15, 0.2) is 0 Å². The zero-order valence-electron chi connectivity index (χ0n) is 45.4. The smallest absolute Gasteiger partial charge is 0.303 e. The summed E-state index contributed by atoms with van der Waals surface area (Å²) in [5.74, 6) is -16.2. The van der Waals surface area contributed by atoms with E-state index in [1.165, 1.54) is 0 Å². The molecule has 13 N–H and O–H groups in total. The van der Waals surface area contributed by atoms with Gasteiger partial charge >= 0.3 is 53.7 Å². The number of nitrogens with one attached hydrogen (secondary N) is 4. The van der Waals surface area contributed by atoms with Crippen LogP contribution in [0.25, 0.3) is 0 Å². The number of carboxylic acid groups (broad SMARTS) is 9. The minimum absolute atomic E-state index is 0.354. The maximum Gasteiger partial charge on any atom is 0.303 e. The van der Waals surface area contributed by atoms with Crippen molar-refractivity contribution in [2.45, 2.75) is 203 Å². The van der Waals surface area contributed by atoms with Gasteiger partial charge in [-0.1, -0.05) is 26.7 Å². The summed E-state index contributed by atoms with van der Waals surface area (Å²) in [5, 5.41) is 96.9. The largest absolute Gasteiger partial charge is 0.481 e. The van der Waals surface area contributed by atoms with Crippen LogP contribution < -0.4 is 21.3 Å². The van der Waals surface area contributed by atoms with Gasteiger partial charge in [-0.25, -0.2) is 0 Å². The van der Waals surface area contributed by atoms with Gasteiger partial charge < -0.3 is 72.0 Å². The quantitative estimate of drug-likeness (QED) is 0.0308. The molecule has 0 radical (unpaired) electrons. The number of carbonyl (C=O) groups excluding carboxylic acids is 5. The molecule has 80 heavy (non-hydrogen) atoms. The van der Waals surface area contributed by atoms with Crippen LogP contribution in [0.1, 0.15) is 181 Å². The average molecular weight is 1140 g/mol. The van der Waals surface area contributed by atoms with Crippen LogP contribution in [-0.4, -0.2) is 164 Å². The van der Waals surface area contributed by atoms with Crippen molar-refractivity contribution >= 4 is 83.1 Å². The molecule has 4 amide bonds. The Morgan fingerprint density at radius 3 is 0.787 bits per heavy atom. The fourth-order valence-corrected chi connectivity index (χ4v) is 8.88. The summed E-state index contributed by atoms with van der Waals surface area (Å²) < 4.78 is 5.49. The first-order chi connectivity index (χ1) is 37.0. The number of rotatable bonds is 46. The van der Waals surface area contributed by atoms with Crippen LogP contribution in [0, 0.1) is 23.7 Å². The normalized spacial score (nSPS) is 12.2. The van der Waals surface area contributed by atoms with Crippen LogP contribution in [0.5, 0.6) is 0 Å². The van der Waals surface area contributed by atoms with E-state index in [0.29, 0.717) is 0 Å². The molecule has 0 aromatic rings. The number of aliphatic carboxylic acids is 9. The van der Waals surface area contributed by atoms with Crippen molar-refractivity contribution in [3.63, 3.8) is 0 Å². The molecule has 0 aromatic carbocycles. The van der Waals surface area contributed by atoms with Crippen molar-refractivity contribution < 1.29 is 118 Å². The minimum Gasteiger partial charge on any atom is -0.481 e. The number of carboxylic acids is 9. The van der Waals surface area contributed by atoms with Crippen molar-refractivity contribution in [1.29, 1.82) is 0 Å². The summed E-state index contributed by atoms with van der Waals surface area (Å²) in [6, 6.07) is 0. The first-order valence-corrected chi connectivity index (χ1v) is 25.8. The molecule has 0 saturated carbocycles. The van der Waals surface area contributed by atoms with Gasteiger partial charge in [0.25, 0.3) is 0 Å². The van der Waals surface area contributed by atoms with Crippen molar-refractivity contribution in [2.24, 2.45) is 11.3 Å². The van der Waals surface area contributed by atoms with E-state index in [2.05, 4.69) is 27.2 Å². The minimum atomic E-state index is -2.04. The van der Waals surface area contributed by atoms with Crippen molar-refractivity contribution in [3.8, 4) is 12.3 Å². The molecule has 0 aromatic heterocycles. The van der Waals surface area contributed by atoms with Gasteiger partial charge in [0.05, 0.1) is 12.5 Å². The van der Waals surface area contributed by atoms with Crippen molar-refractivity contribution in [2.75, 3.05) is 13.2 Å². The lowest BCUT2D eigenvalue weighted by Gasteiger charge is -2.39. The summed E-state index contributed by atoms with van der Waals surface area (Å²) in [6.45, 7) is 3.81. The number of Topliss-reactive ketones (excluding diaryl/α,β-unsaturated/α-hetero) is 1. The second kappa shape index (κ2) is 35.0. The van der Waals surface area contributed by atoms with E-state index in [1.807, 2.05) is 0 Å². The molecule has 28 heteroatoms. The Kier molecular flexibility index (Phi) is 31.7. The molecule has 0 aliphatic heterocycles. The van der Waals surface area contributed by atoms with Gasteiger partial charge in [-0.05, 0) is 77.0 Å². The highest BCUT2D eigenvalue weighted by Gasteiger charge is 2.42. The summed E-state index contributed by atoms with van der Waals surface area (Å²) in [7, 11) is 0. The highest BCUT2D eigenvalue weighted by molar-refractivity contribution is 5.90. The number of carbonyl (C=O) groups is 14. The molecule has 0 unspecified atom stereocenters. The lowest BCUT2D eigenvalue weighted by Crippen LogP contribution is -2.55. The fraction of sp³-hybridized carbons (Fsp3) is 0.692. The lowest BCUT2D eigenvalue weighted by atomic mass is 9.80. The molecule has 0 rings (SSSR count). The number of amides is 4. The topological polar surface area (TPSA) is 478 Å². The monoisotopic (exact) mass is 1140 g/mol. The van der Waals surface area contributed by atoms with Crippen LogP contribution in [0.3, 0.4) is 0 Å². The molecular weight excluding hydrogens is 1060 g/mol. The number of ether oxygens (including phenoxy) is 1. The predicted octanol–water partition coefficient (Wildman–Crippen LogP) is 2.80. The molecule has 0 aliphatic carbocycles. The van der Waals surface area contributed by atoms with Crippen LogP contribution >= 0.6 is 0 Å². The van der Waals surface area contributed by atoms with E-state index in [9.17, 15) is 113 Å². The predicted molar refractivity (Wildman–Crippen MR) is 275 cm³/mol. The van der Waals surface area contributed by atoms with Gasteiger partial charge in [-0.15, -0.1) is 6.42 Å². The third-order valence-electron chi connectivity index (χ3n) is 13.6. The maximum absolute atomic E-state index is 14.8. The molecular formula is C52H78N4O24. The molecule has 0 saturated heterocycles. The molecule has 0 spiro atoms. The molecule has 450 valence electrons. The second-order valence-corrected chi connectivity index (χ2v) is 21.1. The second-order valence-electron chi connectivity index (χ2n) is 21.1. The fourth-order valence-electron chi connectivity index (χ4n) is 8.88. The van der Waals surface area contributed by atoms with E-state index >= 15 is 0 Å². The summed E-state index contributed by atoms with van der Waals surface area (Å²) in [4.78, 5) is 177.